The third-order valence-corrected chi connectivity index (χ3v) is 10.4. The van der Waals surface area contributed by atoms with Crippen molar-refractivity contribution in [1.29, 1.82) is 0 Å². The minimum Gasteiger partial charge on any atom is -0.293 e. The molecular weight excluding hydrogens is 524 g/mol. The molecule has 3 atom stereocenters. The molecule has 0 bridgehead atoms. The predicted octanol–water partition coefficient (Wildman–Crippen LogP) is 11.7. The number of hydrogen-bond donors (Lipinski definition) is 0. The van der Waals surface area contributed by atoms with E-state index in [1.165, 1.54) is 33.4 Å². The van der Waals surface area contributed by atoms with Gasteiger partial charge in [-0.05, 0) is 118 Å². The number of hydrogen-bond acceptors (Lipinski definition) is 2. The van der Waals surface area contributed by atoms with Crippen molar-refractivity contribution in [2.45, 2.75) is 119 Å². The maximum absolute atomic E-state index is 14.1. The minimum atomic E-state index is -0.666. The Kier molecular flexibility index (Phi) is 10.9. The normalized spacial score (nSPS) is 25.6. The Bertz CT molecular complexity index is 1400. The molecule has 0 spiro atoms. The smallest absolute Gasteiger partial charge is 0.171 e. The van der Waals surface area contributed by atoms with Crippen LogP contribution in [-0.4, -0.2) is 11.6 Å². The van der Waals surface area contributed by atoms with Gasteiger partial charge < -0.3 is 0 Å². The van der Waals surface area contributed by atoms with Crippen molar-refractivity contribution in [3.63, 3.8) is 0 Å². The Labute approximate surface area is 261 Å². The van der Waals surface area contributed by atoms with Crippen molar-refractivity contribution in [2.75, 3.05) is 0 Å². The molecule has 3 aliphatic rings. The van der Waals surface area contributed by atoms with Crippen LogP contribution >= 0.6 is 0 Å². The molecule has 1 aromatic rings. The molecule has 0 heterocycles. The standard InChI is InChI=1S/C41H54O2/c1-29(2)14-10-15-30(3)16-11-17-31(4)18-12-19-32(5)20-13-21-33(6)24-26-41-27-25-34-28-37(34)40(41,7)38(42)35-22-8-9-23-36(35)39(41)43/h8-9,14,16,18,20,22-25,37H,10-13,15,17,19,21,26-28H2,1-7H3/t37-,40+,41-/m0/s1. The molecule has 0 unspecified atom stereocenters. The zero-order chi connectivity index (χ0) is 31.2. The summed E-state index contributed by atoms with van der Waals surface area (Å²) >= 11 is 0. The topological polar surface area (TPSA) is 34.1 Å². The Morgan fingerprint density at radius 2 is 1.16 bits per heavy atom. The Morgan fingerprint density at radius 3 is 1.67 bits per heavy atom. The molecule has 1 saturated carbocycles. The van der Waals surface area contributed by atoms with E-state index in [4.69, 9.17) is 0 Å². The van der Waals surface area contributed by atoms with Gasteiger partial charge in [-0.15, -0.1) is 0 Å². The fraction of sp³-hybridized carbons (Fsp3) is 0.512. The Hall–Kier alpha value is -3.00. The van der Waals surface area contributed by atoms with Crippen LogP contribution in [0.2, 0.25) is 0 Å². The number of benzene rings is 1. The zero-order valence-electron chi connectivity index (χ0n) is 27.9. The van der Waals surface area contributed by atoms with Gasteiger partial charge in [0.15, 0.2) is 11.6 Å². The quantitative estimate of drug-likeness (QED) is 0.206. The summed E-state index contributed by atoms with van der Waals surface area (Å²) in [6.07, 6.45) is 25.1. The first-order chi connectivity index (χ1) is 20.5. The van der Waals surface area contributed by atoms with Gasteiger partial charge in [-0.1, -0.05) is 101 Å². The Morgan fingerprint density at radius 1 is 0.698 bits per heavy atom. The fourth-order valence-corrected chi connectivity index (χ4v) is 7.32. The van der Waals surface area contributed by atoms with Crippen LogP contribution in [0.3, 0.4) is 0 Å². The van der Waals surface area contributed by atoms with Crippen LogP contribution in [0.15, 0.2) is 94.2 Å². The van der Waals surface area contributed by atoms with Crippen molar-refractivity contribution in [1.82, 2.24) is 0 Å². The van der Waals surface area contributed by atoms with Crippen molar-refractivity contribution < 1.29 is 9.59 Å². The molecule has 0 aromatic heterocycles. The summed E-state index contributed by atoms with van der Waals surface area (Å²) in [4.78, 5) is 28.0. The lowest BCUT2D eigenvalue weighted by Gasteiger charge is -2.51. The maximum Gasteiger partial charge on any atom is 0.171 e. The van der Waals surface area contributed by atoms with Crippen molar-refractivity contribution in [3.05, 3.63) is 105 Å². The number of carbonyl (C=O) groups is 2. The summed E-state index contributed by atoms with van der Waals surface area (Å²) in [5, 5.41) is 0. The van der Waals surface area contributed by atoms with E-state index in [-0.39, 0.29) is 17.5 Å². The average Bonchev–Trinajstić information content (AvgIpc) is 3.77. The molecule has 2 nitrogen and oxygen atoms in total. The molecule has 0 aliphatic heterocycles. The molecule has 0 radical (unpaired) electrons. The zero-order valence-corrected chi connectivity index (χ0v) is 27.9. The van der Waals surface area contributed by atoms with E-state index in [1.54, 1.807) is 0 Å². The van der Waals surface area contributed by atoms with Gasteiger partial charge in [0.1, 0.15) is 0 Å². The molecule has 43 heavy (non-hydrogen) atoms. The highest BCUT2D eigenvalue weighted by molar-refractivity contribution is 6.20. The number of Topliss-reactive ketones (excluding diaryl/α,β-unsaturated/α-hetero) is 2. The first-order valence-electron chi connectivity index (χ1n) is 16.6. The molecule has 1 aromatic carbocycles. The van der Waals surface area contributed by atoms with Crippen LogP contribution in [0.25, 0.3) is 0 Å². The maximum atomic E-state index is 14.1. The molecule has 4 rings (SSSR count). The highest BCUT2D eigenvalue weighted by Crippen LogP contribution is 2.68. The van der Waals surface area contributed by atoms with E-state index in [1.807, 2.05) is 24.3 Å². The molecule has 1 fully saturated rings. The summed E-state index contributed by atoms with van der Waals surface area (Å²) < 4.78 is 0. The number of rotatable bonds is 14. The number of allylic oxidation sites excluding steroid dienone is 12. The van der Waals surface area contributed by atoms with Crippen LogP contribution in [-0.2, 0) is 0 Å². The van der Waals surface area contributed by atoms with Gasteiger partial charge in [-0.25, -0.2) is 0 Å². The average molecular weight is 579 g/mol. The minimum absolute atomic E-state index is 0.168. The third-order valence-electron chi connectivity index (χ3n) is 10.4. The first kappa shape index (κ1) is 32.9. The third kappa shape index (κ3) is 7.39. The highest BCUT2D eigenvalue weighted by Gasteiger charge is 2.68. The molecule has 0 amide bonds. The number of carbonyl (C=O) groups excluding carboxylic acids is 2. The van der Waals surface area contributed by atoms with Gasteiger partial charge in [0.05, 0.1) is 10.8 Å². The van der Waals surface area contributed by atoms with E-state index in [0.717, 1.165) is 57.8 Å². The van der Waals surface area contributed by atoms with E-state index >= 15 is 0 Å². The van der Waals surface area contributed by atoms with Crippen molar-refractivity contribution >= 4 is 11.6 Å². The molecule has 3 aliphatic carbocycles. The van der Waals surface area contributed by atoms with E-state index in [0.29, 0.717) is 24.0 Å². The van der Waals surface area contributed by atoms with Crippen molar-refractivity contribution in [2.24, 2.45) is 16.7 Å². The molecule has 230 valence electrons. The molecule has 2 heteroatoms. The largest absolute Gasteiger partial charge is 0.293 e. The SMILES string of the molecule is CC(C)=CCCC(C)=CCCC(C)=CCCC(C)=CCCC(C)=CC[C@@]12CC=C3C[C@@H]3[C@]1(C)C(=O)c1ccccc1C2=O. The van der Waals surface area contributed by atoms with Crippen LogP contribution in [0.4, 0.5) is 0 Å². The lowest BCUT2D eigenvalue weighted by molar-refractivity contribution is 0.0207. The summed E-state index contributed by atoms with van der Waals surface area (Å²) in [6.45, 7) is 15.4. The van der Waals surface area contributed by atoms with Gasteiger partial charge in [0.2, 0.25) is 0 Å². The van der Waals surface area contributed by atoms with Crippen LogP contribution < -0.4 is 0 Å². The van der Waals surface area contributed by atoms with E-state index in [9.17, 15) is 9.59 Å². The van der Waals surface area contributed by atoms with Gasteiger partial charge in [0, 0.05) is 11.1 Å². The summed E-state index contributed by atoms with van der Waals surface area (Å²) in [6, 6.07) is 7.49. The molecule has 0 saturated heterocycles. The monoisotopic (exact) mass is 578 g/mol. The van der Waals surface area contributed by atoms with Crippen LogP contribution in [0, 0.1) is 16.7 Å². The fourth-order valence-electron chi connectivity index (χ4n) is 7.32. The van der Waals surface area contributed by atoms with Crippen molar-refractivity contribution in [3.8, 4) is 0 Å². The van der Waals surface area contributed by atoms with Gasteiger partial charge in [-0.3, -0.25) is 9.59 Å². The summed E-state index contributed by atoms with van der Waals surface area (Å²) in [7, 11) is 0. The Balaban J connectivity index is 1.27. The lowest BCUT2D eigenvalue weighted by Crippen LogP contribution is -2.56. The van der Waals surface area contributed by atoms with Gasteiger partial charge >= 0.3 is 0 Å². The highest BCUT2D eigenvalue weighted by atomic mass is 16.1. The summed E-state index contributed by atoms with van der Waals surface area (Å²) in [5.41, 5.74) is 8.47. The first-order valence-corrected chi connectivity index (χ1v) is 16.6. The molecule has 0 N–H and O–H groups in total. The van der Waals surface area contributed by atoms with Crippen LogP contribution in [0.5, 0.6) is 0 Å². The van der Waals surface area contributed by atoms with Gasteiger partial charge in [-0.2, -0.15) is 0 Å². The van der Waals surface area contributed by atoms with Crippen LogP contribution in [0.1, 0.15) is 140 Å². The van der Waals surface area contributed by atoms with Gasteiger partial charge in [0.25, 0.3) is 0 Å². The van der Waals surface area contributed by atoms with E-state index in [2.05, 4.69) is 84.9 Å². The second kappa shape index (κ2) is 14.2. The molecular formula is C41H54O2. The second-order valence-corrected chi connectivity index (χ2v) is 14.1. The van der Waals surface area contributed by atoms with E-state index < -0.39 is 10.8 Å². The second-order valence-electron chi connectivity index (χ2n) is 14.1. The number of ketones is 2. The predicted molar refractivity (Wildman–Crippen MR) is 182 cm³/mol. The number of fused-ring (bicyclic) bond motifs is 4. The summed E-state index contributed by atoms with van der Waals surface area (Å²) in [5.74, 6) is 0.564. The lowest BCUT2D eigenvalue weighted by atomic mass is 9.48.